The van der Waals surface area contributed by atoms with E-state index < -0.39 is 0 Å². The highest BCUT2D eigenvalue weighted by Gasteiger charge is 2.32. The maximum atomic E-state index is 12.9. The summed E-state index contributed by atoms with van der Waals surface area (Å²) in [6.45, 7) is 16.3. The Morgan fingerprint density at radius 1 is 0.605 bits per heavy atom. The molecule has 3 atom stereocenters. The maximum Gasteiger partial charge on any atom is 0.214 e. The summed E-state index contributed by atoms with van der Waals surface area (Å²) >= 11 is 9.74. The van der Waals surface area contributed by atoms with Crippen LogP contribution in [0.1, 0.15) is 47.5 Å². The van der Waals surface area contributed by atoms with E-state index in [4.69, 9.17) is 0 Å². The summed E-state index contributed by atoms with van der Waals surface area (Å²) in [7, 11) is 0. The fraction of sp³-hybridized carbons (Fsp3) is 0.516. The number of allylic oxidation sites excluding steroid dienone is 3. The second kappa shape index (κ2) is 26.7. The molecule has 0 radical (unpaired) electrons. The molecular formula is C31H44O5S7. The lowest BCUT2D eigenvalue weighted by molar-refractivity contribution is -0.108. The van der Waals surface area contributed by atoms with Crippen molar-refractivity contribution in [1.29, 1.82) is 0 Å². The zero-order valence-electron chi connectivity index (χ0n) is 25.7. The van der Waals surface area contributed by atoms with Gasteiger partial charge in [0, 0.05) is 50.3 Å². The van der Waals surface area contributed by atoms with Crippen molar-refractivity contribution < 1.29 is 24.0 Å². The third kappa shape index (κ3) is 21.8. The average molecular weight is 721 g/mol. The molecule has 5 nitrogen and oxygen atoms in total. The van der Waals surface area contributed by atoms with Gasteiger partial charge >= 0.3 is 0 Å². The smallest absolute Gasteiger partial charge is 0.214 e. The second-order valence-corrected chi connectivity index (χ2v) is 17.1. The fourth-order valence-electron chi connectivity index (χ4n) is 3.20. The van der Waals surface area contributed by atoms with Crippen LogP contribution in [0.3, 0.4) is 0 Å². The summed E-state index contributed by atoms with van der Waals surface area (Å²) in [5.74, 6) is 3.79. The molecule has 12 heteroatoms. The first-order chi connectivity index (χ1) is 20.5. The largest absolute Gasteiger partial charge is 0.282 e. The predicted molar refractivity (Wildman–Crippen MR) is 202 cm³/mol. The Kier molecular flexibility index (Phi) is 26.4. The normalized spacial score (nSPS) is 13.8. The molecule has 0 saturated heterocycles. The van der Waals surface area contributed by atoms with Gasteiger partial charge in [-0.1, -0.05) is 90.2 Å². The Hall–Kier alpha value is -0.500. The Bertz CT molecular complexity index is 1040. The van der Waals surface area contributed by atoms with E-state index in [-0.39, 0.29) is 41.3 Å². The molecule has 0 aromatic rings. The van der Waals surface area contributed by atoms with Crippen LogP contribution in [0.25, 0.3) is 0 Å². The van der Waals surface area contributed by atoms with E-state index in [9.17, 15) is 24.0 Å². The van der Waals surface area contributed by atoms with Crippen molar-refractivity contribution in [3.63, 3.8) is 0 Å². The highest BCUT2D eigenvalue weighted by atomic mass is 32.2. The highest BCUT2D eigenvalue weighted by molar-refractivity contribution is 8.17. The molecule has 0 aromatic carbocycles. The van der Waals surface area contributed by atoms with Crippen LogP contribution in [0.2, 0.25) is 0 Å². The average Bonchev–Trinajstić information content (AvgIpc) is 2.94. The Balaban J connectivity index is 6.09. The standard InChI is InChI=1S/C31H44O5S7/c1-8-12-26(32)38-16-11-15-24(43-28(34)14-10-3)29(39-18-20-41-31(36)23(6)7)25(21-42-27(33)13-9-2)37-17-19-40-30(35)22(4)5/h8-10,12-14,24-25,29H,4,6,11,15-21H2,1-3,5,7H3. The minimum Gasteiger partial charge on any atom is -0.282 e. The van der Waals surface area contributed by atoms with E-state index in [0.717, 1.165) is 6.42 Å². The van der Waals surface area contributed by atoms with Gasteiger partial charge in [-0.05, 0) is 76.8 Å². The van der Waals surface area contributed by atoms with Crippen LogP contribution in [0, 0.1) is 0 Å². The first-order valence-corrected chi connectivity index (χ1v) is 20.7. The Labute approximate surface area is 288 Å². The van der Waals surface area contributed by atoms with E-state index in [1.54, 1.807) is 73.8 Å². The lowest BCUT2D eigenvalue weighted by Crippen LogP contribution is -2.35. The summed E-state index contributed by atoms with van der Waals surface area (Å²) in [6.07, 6.45) is 11.3. The van der Waals surface area contributed by atoms with Gasteiger partial charge in [-0.15, -0.1) is 0 Å². The molecule has 3 unspecified atom stereocenters. The lowest BCUT2D eigenvalue weighted by atomic mass is 10.1. The van der Waals surface area contributed by atoms with Crippen molar-refractivity contribution in [1.82, 2.24) is 0 Å². The molecule has 0 N–H and O–H groups in total. The predicted octanol–water partition coefficient (Wildman–Crippen LogP) is 8.52. The molecule has 0 aliphatic heterocycles. The van der Waals surface area contributed by atoms with Gasteiger partial charge in [0.25, 0.3) is 0 Å². The van der Waals surface area contributed by atoms with Crippen LogP contribution < -0.4 is 0 Å². The van der Waals surface area contributed by atoms with E-state index in [1.807, 2.05) is 20.8 Å². The molecule has 0 fully saturated rings. The molecule has 0 amide bonds. The third-order valence-corrected chi connectivity index (χ3v) is 14.1. The number of rotatable bonds is 22. The van der Waals surface area contributed by atoms with Crippen molar-refractivity contribution in [2.24, 2.45) is 0 Å². The molecule has 43 heavy (non-hydrogen) atoms. The van der Waals surface area contributed by atoms with Gasteiger partial charge in [0.05, 0.1) is 0 Å². The second-order valence-electron chi connectivity index (χ2n) is 8.99. The zero-order chi connectivity index (χ0) is 32.6. The molecule has 0 rings (SSSR count). The van der Waals surface area contributed by atoms with Gasteiger partial charge < -0.3 is 0 Å². The Morgan fingerprint density at radius 2 is 1.09 bits per heavy atom. The molecule has 0 aliphatic rings. The van der Waals surface area contributed by atoms with Crippen molar-refractivity contribution in [3.8, 4) is 0 Å². The van der Waals surface area contributed by atoms with Crippen molar-refractivity contribution >= 4 is 108 Å². The zero-order valence-corrected chi connectivity index (χ0v) is 31.4. The topological polar surface area (TPSA) is 85.3 Å². The summed E-state index contributed by atoms with van der Waals surface area (Å²) in [5.41, 5.74) is 1.02. The van der Waals surface area contributed by atoms with E-state index in [2.05, 4.69) is 13.2 Å². The lowest BCUT2D eigenvalue weighted by Gasteiger charge is -2.32. The minimum atomic E-state index is -0.0763. The number of carbonyl (C=O) groups is 5. The van der Waals surface area contributed by atoms with Crippen LogP contribution in [-0.2, 0) is 24.0 Å². The van der Waals surface area contributed by atoms with Gasteiger partial charge in [-0.3, -0.25) is 24.0 Å². The first kappa shape index (κ1) is 42.5. The molecule has 0 aliphatic carbocycles. The number of thioether (sulfide) groups is 7. The van der Waals surface area contributed by atoms with Gasteiger partial charge in [-0.25, -0.2) is 0 Å². The molecular weight excluding hydrogens is 677 g/mol. The van der Waals surface area contributed by atoms with Gasteiger partial charge in [0.15, 0.2) is 0 Å². The van der Waals surface area contributed by atoms with Crippen LogP contribution in [-0.4, -0.2) is 75.8 Å². The summed E-state index contributed by atoms with van der Waals surface area (Å²) < 4.78 is 0. The van der Waals surface area contributed by atoms with Gasteiger partial charge in [0.2, 0.25) is 25.6 Å². The summed E-state index contributed by atoms with van der Waals surface area (Å²) in [5, 5.41) is -0.218. The van der Waals surface area contributed by atoms with Crippen LogP contribution in [0.15, 0.2) is 60.8 Å². The van der Waals surface area contributed by atoms with Crippen molar-refractivity contribution in [3.05, 3.63) is 60.8 Å². The van der Waals surface area contributed by atoms with Crippen LogP contribution >= 0.6 is 82.3 Å². The summed E-state index contributed by atoms with van der Waals surface area (Å²) in [4.78, 5) is 61.6. The first-order valence-electron chi connectivity index (χ1n) is 13.8. The number of carbonyl (C=O) groups excluding carboxylic acids is 5. The van der Waals surface area contributed by atoms with Gasteiger partial charge in [-0.2, -0.15) is 23.5 Å². The minimum absolute atomic E-state index is 0.000191. The van der Waals surface area contributed by atoms with Crippen molar-refractivity contribution in [2.75, 3.05) is 34.5 Å². The molecule has 240 valence electrons. The maximum absolute atomic E-state index is 12.9. The van der Waals surface area contributed by atoms with Crippen molar-refractivity contribution in [2.45, 2.75) is 63.2 Å². The molecule has 0 bridgehead atoms. The highest BCUT2D eigenvalue weighted by Crippen LogP contribution is 2.38. The number of hydrogen-bond acceptors (Lipinski definition) is 12. The third-order valence-electron chi connectivity index (χ3n) is 5.15. The fourth-order valence-corrected chi connectivity index (χ4v) is 11.4. The SMILES string of the molecule is C=C(C)C(=O)SCCSC(CSC(=O)C=CC)C(SCCSC(=O)C(=C)C)C(CCCSC(=O)C=CC)SC(=O)C=CC. The van der Waals surface area contributed by atoms with Gasteiger partial charge in [0.1, 0.15) is 0 Å². The monoisotopic (exact) mass is 720 g/mol. The summed E-state index contributed by atoms with van der Waals surface area (Å²) in [6, 6.07) is 0. The van der Waals surface area contributed by atoms with E-state index >= 15 is 0 Å². The van der Waals surface area contributed by atoms with E-state index in [1.165, 1.54) is 58.8 Å². The molecule has 0 spiro atoms. The number of hydrogen-bond donors (Lipinski definition) is 0. The Morgan fingerprint density at radius 3 is 1.60 bits per heavy atom. The molecule has 0 heterocycles. The van der Waals surface area contributed by atoms with Crippen LogP contribution in [0.4, 0.5) is 0 Å². The quantitative estimate of drug-likeness (QED) is 0.0794. The van der Waals surface area contributed by atoms with E-state index in [0.29, 0.717) is 52.1 Å². The molecule has 0 aromatic heterocycles. The van der Waals surface area contributed by atoms with Crippen LogP contribution in [0.5, 0.6) is 0 Å². The molecule has 0 saturated carbocycles.